The minimum absolute atomic E-state index is 0.0316. The van der Waals surface area contributed by atoms with E-state index in [-0.39, 0.29) is 12.1 Å². The molecule has 1 atom stereocenters. The van der Waals surface area contributed by atoms with Crippen LogP contribution in [0, 0.1) is 5.92 Å². The number of urea groups is 1. The van der Waals surface area contributed by atoms with E-state index in [0.717, 1.165) is 31.0 Å². The molecule has 2 aromatic heterocycles. The minimum Gasteiger partial charge on any atom is -0.331 e. The average Bonchev–Trinajstić information content (AvgIpc) is 3.19. The van der Waals surface area contributed by atoms with Gasteiger partial charge in [0.15, 0.2) is 5.82 Å². The number of carbonyl (C=O) groups excluding carboxylic acids is 1. The van der Waals surface area contributed by atoms with Crippen molar-refractivity contribution < 1.29 is 4.79 Å². The summed E-state index contributed by atoms with van der Waals surface area (Å²) in [5.74, 6) is 2.19. The second-order valence-electron chi connectivity index (χ2n) is 5.85. The lowest BCUT2D eigenvalue weighted by Crippen LogP contribution is -2.39. The molecule has 7 heteroatoms. The predicted octanol–water partition coefficient (Wildman–Crippen LogP) is 2.48. The highest BCUT2D eigenvalue weighted by Crippen LogP contribution is 2.25. The van der Waals surface area contributed by atoms with Crippen molar-refractivity contribution in [3.05, 3.63) is 34.0 Å². The summed E-state index contributed by atoms with van der Waals surface area (Å²) >= 11 is 1.66. The molecule has 2 N–H and O–H groups in total. The van der Waals surface area contributed by atoms with Crippen LogP contribution >= 0.6 is 11.3 Å². The molecule has 0 spiro atoms. The normalized spacial score (nSPS) is 14.9. The Morgan fingerprint density at radius 2 is 2.32 bits per heavy atom. The Kier molecular flexibility index (Phi) is 4.42. The van der Waals surface area contributed by atoms with E-state index in [9.17, 15) is 4.79 Å². The molecule has 0 unspecified atom stereocenters. The van der Waals surface area contributed by atoms with Crippen LogP contribution in [0.4, 0.5) is 4.79 Å². The zero-order valence-electron chi connectivity index (χ0n) is 12.9. The molecule has 3 heterocycles. The van der Waals surface area contributed by atoms with Gasteiger partial charge in [-0.05, 0) is 23.8 Å². The minimum atomic E-state index is -0.164. The van der Waals surface area contributed by atoms with Gasteiger partial charge in [0.25, 0.3) is 0 Å². The van der Waals surface area contributed by atoms with Crippen molar-refractivity contribution in [2.24, 2.45) is 5.92 Å². The van der Waals surface area contributed by atoms with Crippen molar-refractivity contribution in [1.29, 1.82) is 0 Å². The van der Waals surface area contributed by atoms with Gasteiger partial charge < -0.3 is 15.2 Å². The molecule has 3 rings (SSSR count). The number of fused-ring (bicyclic) bond motifs is 1. The van der Waals surface area contributed by atoms with E-state index in [1.54, 1.807) is 11.3 Å². The number of hydrogen-bond donors (Lipinski definition) is 2. The summed E-state index contributed by atoms with van der Waals surface area (Å²) in [5, 5.41) is 16.3. The third-order valence-electron chi connectivity index (χ3n) is 3.90. The Hall–Kier alpha value is -1.89. The zero-order valence-corrected chi connectivity index (χ0v) is 13.7. The van der Waals surface area contributed by atoms with Crippen molar-refractivity contribution in [2.75, 3.05) is 0 Å². The maximum atomic E-state index is 12.2. The summed E-state index contributed by atoms with van der Waals surface area (Å²) in [7, 11) is 0. The average molecular weight is 319 g/mol. The molecule has 0 radical (unpaired) electrons. The van der Waals surface area contributed by atoms with Crippen molar-refractivity contribution >= 4 is 17.4 Å². The van der Waals surface area contributed by atoms with Crippen LogP contribution in [0.25, 0.3) is 0 Å². The maximum absolute atomic E-state index is 12.2. The number of aryl methyl sites for hydroxylation is 1. The largest absolute Gasteiger partial charge is 0.331 e. The lowest BCUT2D eigenvalue weighted by molar-refractivity contribution is 0.232. The van der Waals surface area contributed by atoms with E-state index in [1.165, 1.54) is 4.88 Å². The summed E-state index contributed by atoms with van der Waals surface area (Å²) in [6.45, 7) is 5.57. The molecule has 2 amide bonds. The number of nitrogens with one attached hydrogen (secondary N) is 2. The van der Waals surface area contributed by atoms with Gasteiger partial charge in [-0.15, -0.1) is 21.5 Å². The van der Waals surface area contributed by atoms with Gasteiger partial charge in [-0.3, -0.25) is 0 Å². The maximum Gasteiger partial charge on any atom is 0.315 e. The van der Waals surface area contributed by atoms with Gasteiger partial charge in [-0.2, -0.15) is 0 Å². The summed E-state index contributed by atoms with van der Waals surface area (Å²) in [4.78, 5) is 13.3. The molecule has 0 aliphatic carbocycles. The molecule has 1 aliphatic rings. The number of thiophene rings is 1. The fourth-order valence-electron chi connectivity index (χ4n) is 2.73. The van der Waals surface area contributed by atoms with Crippen LogP contribution in [0.1, 0.15) is 42.8 Å². The monoisotopic (exact) mass is 319 g/mol. The van der Waals surface area contributed by atoms with Crippen LogP contribution in [-0.2, 0) is 19.5 Å². The van der Waals surface area contributed by atoms with Gasteiger partial charge in [0.2, 0.25) is 0 Å². The molecular formula is C15H21N5OS. The van der Waals surface area contributed by atoms with Gasteiger partial charge in [0.05, 0.1) is 12.6 Å². The predicted molar refractivity (Wildman–Crippen MR) is 85.6 cm³/mol. The quantitative estimate of drug-likeness (QED) is 0.889. The molecule has 0 saturated heterocycles. The van der Waals surface area contributed by atoms with Crippen LogP contribution in [-0.4, -0.2) is 20.8 Å². The Bertz CT molecular complexity index is 634. The third kappa shape index (κ3) is 3.14. The fraction of sp³-hybridized carbons (Fsp3) is 0.533. The highest BCUT2D eigenvalue weighted by atomic mass is 32.1. The SMILES string of the molecule is CC(C)[C@H](NC(=O)NCc1nnc2n1CCC2)c1cccs1. The first kappa shape index (κ1) is 15.0. The van der Waals surface area contributed by atoms with Crippen molar-refractivity contribution in [3.63, 3.8) is 0 Å². The second kappa shape index (κ2) is 6.48. The summed E-state index contributed by atoms with van der Waals surface area (Å²) in [6.07, 6.45) is 2.09. The van der Waals surface area contributed by atoms with Crippen LogP contribution < -0.4 is 10.6 Å². The van der Waals surface area contributed by atoms with E-state index in [4.69, 9.17) is 0 Å². The zero-order chi connectivity index (χ0) is 15.5. The van der Waals surface area contributed by atoms with Crippen molar-refractivity contribution in [2.45, 2.75) is 45.8 Å². The van der Waals surface area contributed by atoms with Gasteiger partial charge in [-0.25, -0.2) is 4.79 Å². The highest BCUT2D eigenvalue weighted by molar-refractivity contribution is 7.10. The first-order valence-corrected chi connectivity index (χ1v) is 8.52. The van der Waals surface area contributed by atoms with Gasteiger partial charge in [0.1, 0.15) is 5.82 Å². The van der Waals surface area contributed by atoms with Gasteiger partial charge >= 0.3 is 6.03 Å². The van der Waals surface area contributed by atoms with E-state index < -0.39 is 0 Å². The second-order valence-corrected chi connectivity index (χ2v) is 6.83. The summed E-state index contributed by atoms with van der Waals surface area (Å²) < 4.78 is 2.10. The number of amides is 2. The van der Waals surface area contributed by atoms with Crippen LogP contribution in [0.5, 0.6) is 0 Å². The first-order chi connectivity index (χ1) is 10.6. The Morgan fingerprint density at radius 1 is 1.45 bits per heavy atom. The number of carbonyl (C=O) groups is 1. The van der Waals surface area contributed by atoms with Gasteiger partial charge in [0, 0.05) is 17.8 Å². The summed E-state index contributed by atoms with van der Waals surface area (Å²) in [6, 6.07) is 3.93. The number of rotatable bonds is 5. The van der Waals surface area contributed by atoms with Crippen LogP contribution in [0.2, 0.25) is 0 Å². The number of nitrogens with zero attached hydrogens (tertiary/aromatic N) is 3. The fourth-order valence-corrected chi connectivity index (χ4v) is 3.68. The standard InChI is InChI=1S/C15H21N5OS/c1-10(2)14(11-5-4-8-22-11)17-15(21)16-9-13-19-18-12-6-3-7-20(12)13/h4-5,8,10,14H,3,6-7,9H2,1-2H3,(H2,16,17,21)/t14-/m0/s1. The third-order valence-corrected chi connectivity index (χ3v) is 4.85. The molecule has 1 aliphatic heterocycles. The van der Waals surface area contributed by atoms with E-state index >= 15 is 0 Å². The molecule has 0 bridgehead atoms. The topological polar surface area (TPSA) is 71.8 Å². The Morgan fingerprint density at radius 3 is 3.05 bits per heavy atom. The first-order valence-electron chi connectivity index (χ1n) is 7.64. The Labute approximate surface area is 133 Å². The smallest absolute Gasteiger partial charge is 0.315 e. The molecule has 6 nitrogen and oxygen atoms in total. The van der Waals surface area contributed by atoms with E-state index in [1.807, 2.05) is 11.4 Å². The Balaban J connectivity index is 1.57. The molecule has 118 valence electrons. The van der Waals surface area contributed by atoms with Crippen molar-refractivity contribution in [3.8, 4) is 0 Å². The molecule has 0 fully saturated rings. The van der Waals surface area contributed by atoms with Gasteiger partial charge in [-0.1, -0.05) is 19.9 Å². The molecule has 2 aromatic rings. The highest BCUT2D eigenvalue weighted by Gasteiger charge is 2.20. The van der Waals surface area contributed by atoms with Crippen molar-refractivity contribution in [1.82, 2.24) is 25.4 Å². The van der Waals surface area contributed by atoms with Crippen LogP contribution in [0.15, 0.2) is 17.5 Å². The van der Waals surface area contributed by atoms with Crippen LogP contribution in [0.3, 0.4) is 0 Å². The number of aromatic nitrogens is 3. The molecular weight excluding hydrogens is 298 g/mol. The summed E-state index contributed by atoms with van der Waals surface area (Å²) in [5.41, 5.74) is 0. The van der Waals surface area contributed by atoms with E-state index in [0.29, 0.717) is 12.5 Å². The van der Waals surface area contributed by atoms with E-state index in [2.05, 4.69) is 45.3 Å². The molecule has 0 saturated carbocycles. The number of hydrogen-bond acceptors (Lipinski definition) is 4. The molecule has 0 aromatic carbocycles. The lowest BCUT2D eigenvalue weighted by Gasteiger charge is -2.21. The molecule has 22 heavy (non-hydrogen) atoms. The lowest BCUT2D eigenvalue weighted by atomic mass is 10.0.